The van der Waals surface area contributed by atoms with E-state index >= 15 is 0 Å². The summed E-state index contributed by atoms with van der Waals surface area (Å²) < 4.78 is 24.8. The van der Waals surface area contributed by atoms with Crippen LogP contribution in [0.4, 0.5) is 0 Å². The van der Waals surface area contributed by atoms with Crippen LogP contribution in [0.5, 0.6) is 0 Å². The molecule has 18 heavy (non-hydrogen) atoms. The molecule has 0 saturated heterocycles. The van der Waals surface area contributed by atoms with Gasteiger partial charge in [0.1, 0.15) is 0 Å². The zero-order valence-corrected chi connectivity index (χ0v) is 11.9. The summed E-state index contributed by atoms with van der Waals surface area (Å²) in [5.74, 6) is 0. The normalized spacial score (nSPS) is 11.5. The van der Waals surface area contributed by atoms with E-state index in [1.807, 2.05) is 6.92 Å². The monoisotopic (exact) mass is 300 g/mol. The van der Waals surface area contributed by atoms with Gasteiger partial charge >= 0.3 is 0 Å². The first-order chi connectivity index (χ1) is 8.43. The molecule has 2 rings (SSSR count). The van der Waals surface area contributed by atoms with Gasteiger partial charge < -0.3 is 0 Å². The molecule has 0 amide bonds. The Hall–Kier alpha value is -1.03. The van der Waals surface area contributed by atoms with E-state index in [1.165, 1.54) is 18.2 Å². The lowest BCUT2D eigenvalue weighted by molar-refractivity contribution is 0.596. The van der Waals surface area contributed by atoms with Gasteiger partial charge in [0.15, 0.2) is 0 Å². The van der Waals surface area contributed by atoms with Crippen molar-refractivity contribution in [2.45, 2.75) is 16.7 Å². The Morgan fingerprint density at radius 2 is 1.50 bits per heavy atom. The molecule has 0 N–H and O–H groups in total. The third-order valence-electron chi connectivity index (χ3n) is 2.50. The minimum atomic E-state index is -3.68. The zero-order chi connectivity index (χ0) is 13.3. The van der Waals surface area contributed by atoms with Crippen molar-refractivity contribution in [3.8, 4) is 0 Å². The molecule has 0 fully saturated rings. The van der Waals surface area contributed by atoms with Crippen LogP contribution in [0.1, 0.15) is 5.56 Å². The van der Waals surface area contributed by atoms with Crippen molar-refractivity contribution in [1.82, 2.24) is 0 Å². The van der Waals surface area contributed by atoms with Crippen LogP contribution in [0.2, 0.25) is 10.0 Å². The molecule has 0 spiro atoms. The van der Waals surface area contributed by atoms with E-state index in [1.54, 1.807) is 24.3 Å². The van der Waals surface area contributed by atoms with Crippen LogP contribution >= 0.6 is 23.2 Å². The summed E-state index contributed by atoms with van der Waals surface area (Å²) in [5.41, 5.74) is 0.901. The highest BCUT2D eigenvalue weighted by atomic mass is 35.5. The van der Waals surface area contributed by atoms with E-state index in [-0.39, 0.29) is 19.8 Å². The van der Waals surface area contributed by atoms with Gasteiger partial charge in [-0.15, -0.1) is 0 Å². The van der Waals surface area contributed by atoms with Crippen molar-refractivity contribution >= 4 is 33.0 Å². The lowest BCUT2D eigenvalue weighted by Crippen LogP contribution is -2.03. The second-order valence-electron chi connectivity index (χ2n) is 3.87. The molecular formula is C13H10Cl2O2S. The zero-order valence-electron chi connectivity index (χ0n) is 9.52. The number of aryl methyl sites for hydroxylation is 1. The Morgan fingerprint density at radius 3 is 2.11 bits per heavy atom. The van der Waals surface area contributed by atoms with Gasteiger partial charge in [-0.25, -0.2) is 8.42 Å². The van der Waals surface area contributed by atoms with Crippen LogP contribution in [0.15, 0.2) is 52.3 Å². The second-order valence-corrected chi connectivity index (χ2v) is 6.57. The average Bonchev–Trinajstić information content (AvgIpc) is 2.28. The first kappa shape index (κ1) is 13.4. The third-order valence-corrected chi connectivity index (χ3v) is 5.24. The fraction of sp³-hybridized carbons (Fsp3) is 0.0769. The van der Waals surface area contributed by atoms with Gasteiger partial charge in [0.05, 0.1) is 19.8 Å². The van der Waals surface area contributed by atoms with Gasteiger partial charge in [0.2, 0.25) is 9.84 Å². The van der Waals surface area contributed by atoms with Crippen LogP contribution < -0.4 is 0 Å². The Labute approximate surface area is 116 Å². The molecule has 0 aliphatic rings. The van der Waals surface area contributed by atoms with E-state index in [9.17, 15) is 8.42 Å². The van der Waals surface area contributed by atoms with Gasteiger partial charge in [-0.3, -0.25) is 0 Å². The van der Waals surface area contributed by atoms with Crippen molar-refractivity contribution in [3.05, 3.63) is 58.1 Å². The molecule has 0 heterocycles. The summed E-state index contributed by atoms with van der Waals surface area (Å²) in [7, 11) is -3.68. The molecule has 2 aromatic carbocycles. The SMILES string of the molecule is Cc1ccc(S(=O)(=O)c2ccccc2Cl)c(Cl)c1. The van der Waals surface area contributed by atoms with Gasteiger partial charge in [-0.1, -0.05) is 41.4 Å². The minimum absolute atomic E-state index is 0.0671. The van der Waals surface area contributed by atoms with E-state index in [0.29, 0.717) is 0 Å². The summed E-state index contributed by atoms with van der Waals surface area (Å²) in [4.78, 5) is 0.139. The Balaban J connectivity index is 2.66. The maximum atomic E-state index is 12.4. The molecule has 0 aliphatic carbocycles. The smallest absolute Gasteiger partial charge is 0.209 e. The van der Waals surface area contributed by atoms with E-state index < -0.39 is 9.84 Å². The molecule has 94 valence electrons. The highest BCUT2D eigenvalue weighted by Crippen LogP contribution is 2.31. The third kappa shape index (κ3) is 2.39. The average molecular weight is 301 g/mol. The second kappa shape index (κ2) is 4.92. The van der Waals surface area contributed by atoms with Crippen LogP contribution in [0.25, 0.3) is 0 Å². The highest BCUT2D eigenvalue weighted by molar-refractivity contribution is 7.91. The number of hydrogen-bond donors (Lipinski definition) is 0. The van der Waals surface area contributed by atoms with Crippen molar-refractivity contribution in [3.63, 3.8) is 0 Å². The van der Waals surface area contributed by atoms with Crippen molar-refractivity contribution in [2.75, 3.05) is 0 Å². The molecule has 0 bridgehead atoms. The van der Waals surface area contributed by atoms with Crippen molar-refractivity contribution < 1.29 is 8.42 Å². The molecule has 0 atom stereocenters. The summed E-state index contributed by atoms with van der Waals surface area (Å²) in [5, 5.41) is 0.393. The predicted molar refractivity (Wildman–Crippen MR) is 73.1 cm³/mol. The maximum Gasteiger partial charge on any atom is 0.209 e. The summed E-state index contributed by atoms with van der Waals surface area (Å²) in [6.45, 7) is 1.85. The topological polar surface area (TPSA) is 34.1 Å². The standard InChI is InChI=1S/C13H10Cl2O2S/c1-9-6-7-13(11(15)8-9)18(16,17)12-5-3-2-4-10(12)14/h2-8H,1H3. The number of benzene rings is 2. The van der Waals surface area contributed by atoms with Crippen LogP contribution in [0.3, 0.4) is 0 Å². The Bertz CT molecular complexity index is 694. The fourth-order valence-corrected chi connectivity index (χ4v) is 3.97. The number of halogens is 2. The molecule has 0 aliphatic heterocycles. The highest BCUT2D eigenvalue weighted by Gasteiger charge is 2.22. The first-order valence-electron chi connectivity index (χ1n) is 5.18. The van der Waals surface area contributed by atoms with E-state index in [2.05, 4.69) is 0 Å². The van der Waals surface area contributed by atoms with Gasteiger partial charge in [-0.2, -0.15) is 0 Å². The molecule has 2 aromatic rings. The number of rotatable bonds is 2. The molecule has 0 radical (unpaired) electrons. The maximum absolute atomic E-state index is 12.4. The molecule has 0 aromatic heterocycles. The number of sulfone groups is 1. The predicted octanol–water partition coefficient (Wildman–Crippen LogP) is 4.13. The van der Waals surface area contributed by atoms with Crippen LogP contribution in [0, 0.1) is 6.92 Å². The molecule has 2 nitrogen and oxygen atoms in total. The molecule has 5 heteroatoms. The lowest BCUT2D eigenvalue weighted by Gasteiger charge is -2.08. The van der Waals surface area contributed by atoms with Crippen molar-refractivity contribution in [2.24, 2.45) is 0 Å². The first-order valence-corrected chi connectivity index (χ1v) is 7.42. The van der Waals surface area contributed by atoms with E-state index in [4.69, 9.17) is 23.2 Å². The summed E-state index contributed by atoms with van der Waals surface area (Å²) in [6.07, 6.45) is 0. The van der Waals surface area contributed by atoms with Crippen LogP contribution in [-0.4, -0.2) is 8.42 Å². The number of hydrogen-bond acceptors (Lipinski definition) is 2. The minimum Gasteiger partial charge on any atom is -0.218 e. The molecule has 0 saturated carbocycles. The van der Waals surface area contributed by atoms with Gasteiger partial charge in [0.25, 0.3) is 0 Å². The lowest BCUT2D eigenvalue weighted by atomic mass is 10.2. The Morgan fingerprint density at radius 1 is 0.889 bits per heavy atom. The van der Waals surface area contributed by atoms with E-state index in [0.717, 1.165) is 5.56 Å². The summed E-state index contributed by atoms with van der Waals surface area (Å²) in [6, 6.07) is 11.1. The van der Waals surface area contributed by atoms with Crippen molar-refractivity contribution in [1.29, 1.82) is 0 Å². The van der Waals surface area contributed by atoms with Crippen LogP contribution in [-0.2, 0) is 9.84 Å². The Kier molecular flexibility index (Phi) is 3.66. The largest absolute Gasteiger partial charge is 0.218 e. The fourth-order valence-electron chi connectivity index (χ4n) is 1.60. The quantitative estimate of drug-likeness (QED) is 0.835. The molecule has 0 unspecified atom stereocenters. The molecular weight excluding hydrogens is 291 g/mol. The van der Waals surface area contributed by atoms with Gasteiger partial charge in [0, 0.05) is 0 Å². The van der Waals surface area contributed by atoms with Gasteiger partial charge in [-0.05, 0) is 36.8 Å². The summed E-state index contributed by atoms with van der Waals surface area (Å²) >= 11 is 11.9.